The molecule has 1 aromatic rings. The van der Waals surface area contributed by atoms with Crippen molar-refractivity contribution in [3.8, 4) is 11.5 Å². The molecule has 15 heavy (non-hydrogen) atoms. The lowest BCUT2D eigenvalue weighted by molar-refractivity contribution is 0.174. The molecule has 0 bridgehead atoms. The van der Waals surface area contributed by atoms with Crippen molar-refractivity contribution in [2.45, 2.75) is 32.9 Å². The quantitative estimate of drug-likeness (QED) is 0.807. The molecule has 0 atom stereocenters. The van der Waals surface area contributed by atoms with Gasteiger partial charge in [0.15, 0.2) is 11.5 Å². The first-order valence-corrected chi connectivity index (χ1v) is 5.18. The summed E-state index contributed by atoms with van der Waals surface area (Å²) < 4.78 is 10.6. The van der Waals surface area contributed by atoms with Gasteiger partial charge in [-0.2, -0.15) is 0 Å². The second-order valence-electron chi connectivity index (χ2n) is 4.79. The number of fused-ring (bicyclic) bond motifs is 1. The van der Waals surface area contributed by atoms with Gasteiger partial charge in [-0.05, 0) is 38.5 Å². The van der Waals surface area contributed by atoms with E-state index in [4.69, 9.17) is 9.47 Å². The molecule has 0 radical (unpaired) electrons. The first-order valence-electron chi connectivity index (χ1n) is 5.18. The maximum Gasteiger partial charge on any atom is 0.231 e. The fourth-order valence-electron chi connectivity index (χ4n) is 1.42. The Morgan fingerprint density at radius 1 is 1.20 bits per heavy atom. The molecule has 0 fully saturated rings. The third-order valence-electron chi connectivity index (χ3n) is 2.26. The van der Waals surface area contributed by atoms with Gasteiger partial charge in [0.2, 0.25) is 6.79 Å². The smallest absolute Gasteiger partial charge is 0.231 e. The van der Waals surface area contributed by atoms with E-state index in [1.807, 2.05) is 12.1 Å². The second kappa shape index (κ2) is 3.74. The summed E-state index contributed by atoms with van der Waals surface area (Å²) in [6.45, 7) is 7.64. The van der Waals surface area contributed by atoms with Crippen LogP contribution in [-0.4, -0.2) is 12.3 Å². The zero-order chi connectivity index (χ0) is 10.9. The van der Waals surface area contributed by atoms with E-state index in [-0.39, 0.29) is 5.54 Å². The summed E-state index contributed by atoms with van der Waals surface area (Å²) >= 11 is 0. The molecule has 1 aromatic carbocycles. The van der Waals surface area contributed by atoms with Crippen LogP contribution in [0.5, 0.6) is 11.5 Å². The minimum absolute atomic E-state index is 0.135. The summed E-state index contributed by atoms with van der Waals surface area (Å²) in [5, 5.41) is 3.43. The molecule has 0 saturated carbocycles. The molecule has 1 heterocycles. The van der Waals surface area contributed by atoms with E-state index in [1.54, 1.807) is 0 Å². The Morgan fingerprint density at radius 2 is 1.93 bits per heavy atom. The number of nitrogens with one attached hydrogen (secondary N) is 1. The number of benzene rings is 1. The molecule has 0 spiro atoms. The van der Waals surface area contributed by atoms with Gasteiger partial charge in [0.05, 0.1) is 0 Å². The van der Waals surface area contributed by atoms with E-state index in [9.17, 15) is 0 Å². The zero-order valence-electron chi connectivity index (χ0n) is 9.46. The maximum absolute atomic E-state index is 5.32. The first kappa shape index (κ1) is 10.3. The van der Waals surface area contributed by atoms with Crippen molar-refractivity contribution in [3.63, 3.8) is 0 Å². The SMILES string of the molecule is CC(C)(C)NCc1ccc2c(c1)OCO2. The van der Waals surface area contributed by atoms with Gasteiger partial charge in [0.1, 0.15) is 0 Å². The van der Waals surface area contributed by atoms with Crippen LogP contribution in [0.25, 0.3) is 0 Å². The van der Waals surface area contributed by atoms with Crippen molar-refractivity contribution in [2.75, 3.05) is 6.79 Å². The Balaban J connectivity index is 2.04. The molecule has 0 unspecified atom stereocenters. The Hall–Kier alpha value is -1.22. The van der Waals surface area contributed by atoms with Crippen LogP contribution < -0.4 is 14.8 Å². The highest BCUT2D eigenvalue weighted by atomic mass is 16.7. The average Bonchev–Trinajstić information content (AvgIpc) is 2.60. The van der Waals surface area contributed by atoms with Crippen LogP contribution in [-0.2, 0) is 6.54 Å². The Bertz CT molecular complexity index is 355. The molecular formula is C12H17NO2. The van der Waals surface area contributed by atoms with Crippen LogP contribution in [0.4, 0.5) is 0 Å². The minimum Gasteiger partial charge on any atom is -0.454 e. The summed E-state index contributed by atoms with van der Waals surface area (Å²) in [5.41, 5.74) is 1.35. The molecule has 1 aliphatic heterocycles. The van der Waals surface area contributed by atoms with E-state index in [1.165, 1.54) is 5.56 Å². The standard InChI is InChI=1S/C12H17NO2/c1-12(2,3)13-7-9-4-5-10-11(6-9)15-8-14-10/h4-6,13H,7-8H2,1-3H3. The van der Waals surface area contributed by atoms with Crippen LogP contribution >= 0.6 is 0 Å². The lowest BCUT2D eigenvalue weighted by atomic mass is 10.1. The molecule has 0 saturated heterocycles. The third-order valence-corrected chi connectivity index (χ3v) is 2.26. The molecule has 82 valence electrons. The summed E-state index contributed by atoms with van der Waals surface area (Å²) in [7, 11) is 0. The fraction of sp³-hybridized carbons (Fsp3) is 0.500. The number of rotatable bonds is 2. The van der Waals surface area contributed by atoms with Gasteiger partial charge >= 0.3 is 0 Å². The molecule has 1 aliphatic rings. The van der Waals surface area contributed by atoms with Crippen molar-refractivity contribution in [1.29, 1.82) is 0 Å². The molecule has 2 rings (SSSR count). The van der Waals surface area contributed by atoms with Crippen LogP contribution in [0.15, 0.2) is 18.2 Å². The first-order chi connectivity index (χ1) is 7.04. The van der Waals surface area contributed by atoms with Gasteiger partial charge in [-0.25, -0.2) is 0 Å². The number of hydrogen-bond donors (Lipinski definition) is 1. The predicted octanol–water partition coefficient (Wildman–Crippen LogP) is 2.30. The second-order valence-corrected chi connectivity index (χ2v) is 4.79. The molecule has 3 nitrogen and oxygen atoms in total. The van der Waals surface area contributed by atoms with Gasteiger partial charge in [-0.1, -0.05) is 6.07 Å². The molecular weight excluding hydrogens is 190 g/mol. The van der Waals surface area contributed by atoms with Crippen LogP contribution in [0.3, 0.4) is 0 Å². The highest BCUT2D eigenvalue weighted by Gasteiger charge is 2.14. The normalized spacial score (nSPS) is 14.3. The molecule has 3 heteroatoms. The van der Waals surface area contributed by atoms with Crippen LogP contribution in [0.2, 0.25) is 0 Å². The highest BCUT2D eigenvalue weighted by Crippen LogP contribution is 2.32. The van der Waals surface area contributed by atoms with Crippen LogP contribution in [0, 0.1) is 0 Å². The van der Waals surface area contributed by atoms with Crippen molar-refractivity contribution in [1.82, 2.24) is 5.32 Å². The third kappa shape index (κ3) is 2.63. The Morgan fingerprint density at radius 3 is 2.67 bits per heavy atom. The van der Waals surface area contributed by atoms with E-state index in [0.29, 0.717) is 6.79 Å². The van der Waals surface area contributed by atoms with E-state index in [0.717, 1.165) is 18.0 Å². The van der Waals surface area contributed by atoms with Crippen molar-refractivity contribution >= 4 is 0 Å². The molecule has 0 amide bonds. The number of hydrogen-bond acceptors (Lipinski definition) is 3. The summed E-state index contributed by atoms with van der Waals surface area (Å²) in [4.78, 5) is 0. The highest BCUT2D eigenvalue weighted by molar-refractivity contribution is 5.44. The van der Waals surface area contributed by atoms with Crippen molar-refractivity contribution < 1.29 is 9.47 Å². The monoisotopic (exact) mass is 207 g/mol. The van der Waals surface area contributed by atoms with Crippen molar-refractivity contribution in [3.05, 3.63) is 23.8 Å². The van der Waals surface area contributed by atoms with Gasteiger partial charge in [0.25, 0.3) is 0 Å². The van der Waals surface area contributed by atoms with Crippen LogP contribution in [0.1, 0.15) is 26.3 Å². The topological polar surface area (TPSA) is 30.5 Å². The average molecular weight is 207 g/mol. The fourth-order valence-corrected chi connectivity index (χ4v) is 1.42. The van der Waals surface area contributed by atoms with E-state index in [2.05, 4.69) is 32.2 Å². The number of ether oxygens (including phenoxy) is 2. The lowest BCUT2D eigenvalue weighted by Gasteiger charge is -2.20. The Kier molecular flexibility index (Phi) is 2.57. The van der Waals surface area contributed by atoms with Gasteiger partial charge in [-0.15, -0.1) is 0 Å². The van der Waals surface area contributed by atoms with Gasteiger partial charge in [0, 0.05) is 12.1 Å². The van der Waals surface area contributed by atoms with E-state index < -0.39 is 0 Å². The summed E-state index contributed by atoms with van der Waals surface area (Å²) in [6, 6.07) is 6.05. The molecule has 1 N–H and O–H groups in total. The minimum atomic E-state index is 0.135. The van der Waals surface area contributed by atoms with Crippen molar-refractivity contribution in [2.24, 2.45) is 0 Å². The summed E-state index contributed by atoms with van der Waals surface area (Å²) in [6.07, 6.45) is 0. The predicted molar refractivity (Wildman–Crippen MR) is 59.2 cm³/mol. The maximum atomic E-state index is 5.32. The molecule has 0 aliphatic carbocycles. The zero-order valence-corrected chi connectivity index (χ0v) is 9.46. The van der Waals surface area contributed by atoms with Gasteiger partial charge < -0.3 is 14.8 Å². The molecule has 0 aromatic heterocycles. The summed E-state index contributed by atoms with van der Waals surface area (Å²) in [5.74, 6) is 1.69. The van der Waals surface area contributed by atoms with Gasteiger partial charge in [-0.3, -0.25) is 0 Å². The Labute approximate surface area is 90.4 Å². The van der Waals surface area contributed by atoms with E-state index >= 15 is 0 Å². The lowest BCUT2D eigenvalue weighted by Crippen LogP contribution is -2.35. The largest absolute Gasteiger partial charge is 0.454 e.